The highest BCUT2D eigenvalue weighted by Crippen LogP contribution is 2.22. The minimum atomic E-state index is 0.149. The summed E-state index contributed by atoms with van der Waals surface area (Å²) in [5, 5.41) is 0. The lowest BCUT2D eigenvalue weighted by Crippen LogP contribution is -2.34. The molecule has 1 fully saturated rings. The van der Waals surface area contributed by atoms with Gasteiger partial charge in [-0.25, -0.2) is 4.98 Å². The Morgan fingerprint density at radius 1 is 0.949 bits per heavy atom. The van der Waals surface area contributed by atoms with E-state index in [4.69, 9.17) is 4.98 Å². The van der Waals surface area contributed by atoms with Gasteiger partial charge in [0.25, 0.3) is 5.91 Å². The highest BCUT2D eigenvalue weighted by Gasteiger charge is 2.19. The van der Waals surface area contributed by atoms with Crippen molar-refractivity contribution in [2.24, 2.45) is 11.8 Å². The zero-order valence-electron chi connectivity index (χ0n) is 24.7. The highest BCUT2D eigenvalue weighted by molar-refractivity contribution is 5.97. The Balaban J connectivity index is 1.57. The third-order valence-corrected chi connectivity index (χ3v) is 7.98. The van der Waals surface area contributed by atoms with Gasteiger partial charge in [-0.1, -0.05) is 40.2 Å². The van der Waals surface area contributed by atoms with Crippen LogP contribution < -0.4 is 0 Å². The van der Waals surface area contributed by atoms with Gasteiger partial charge in [-0.3, -0.25) is 9.78 Å². The van der Waals surface area contributed by atoms with E-state index in [2.05, 4.69) is 65.2 Å². The first-order valence-corrected chi connectivity index (χ1v) is 15.3. The van der Waals surface area contributed by atoms with Gasteiger partial charge in [0.05, 0.1) is 11.0 Å². The maximum Gasteiger partial charge on any atom is 0.253 e. The molecule has 0 saturated carbocycles. The zero-order chi connectivity index (χ0) is 27.6. The first-order valence-electron chi connectivity index (χ1n) is 15.3. The van der Waals surface area contributed by atoms with Crippen molar-refractivity contribution in [3.05, 3.63) is 59.7 Å². The minimum Gasteiger partial charge on any atom is -0.339 e. The number of carbonyl (C=O) groups excluding carboxylic acids is 1. The predicted molar refractivity (Wildman–Crippen MR) is 161 cm³/mol. The van der Waals surface area contributed by atoms with Gasteiger partial charge in [-0.05, 0) is 99.8 Å². The number of aryl methyl sites for hydroxylation is 3. The maximum atomic E-state index is 13.7. The standard InChI is InChI=1S/C33H49N5O/c1-26(2)15-22-37(23-16-27(3)4)33(39)29-12-13-30-31(24-29)38(21-9-20-36-18-6-5-7-19-36)32(35-30)14-11-28-10-8-17-34-25-28/h8,10,12-13,17,24-27H,5-7,9,11,14-16,18-23H2,1-4H3. The fourth-order valence-electron chi connectivity index (χ4n) is 5.51. The number of carbonyl (C=O) groups is 1. The van der Waals surface area contributed by atoms with Crippen LogP contribution in [0.4, 0.5) is 0 Å². The van der Waals surface area contributed by atoms with Gasteiger partial charge >= 0.3 is 0 Å². The molecule has 6 nitrogen and oxygen atoms in total. The second kappa shape index (κ2) is 14.6. The van der Waals surface area contributed by atoms with Crippen LogP contribution in [0.2, 0.25) is 0 Å². The summed E-state index contributed by atoms with van der Waals surface area (Å²) in [6.07, 6.45) is 12.7. The molecule has 0 bridgehead atoms. The zero-order valence-corrected chi connectivity index (χ0v) is 24.7. The topological polar surface area (TPSA) is 54.3 Å². The molecular formula is C33H49N5O. The summed E-state index contributed by atoms with van der Waals surface area (Å²) in [6.45, 7) is 15.0. The van der Waals surface area contributed by atoms with Crippen molar-refractivity contribution in [1.82, 2.24) is 24.3 Å². The fourth-order valence-corrected chi connectivity index (χ4v) is 5.51. The maximum absolute atomic E-state index is 13.7. The molecule has 1 aromatic carbocycles. The third kappa shape index (κ3) is 8.63. The van der Waals surface area contributed by atoms with Crippen LogP contribution >= 0.6 is 0 Å². The lowest BCUT2D eigenvalue weighted by atomic mass is 10.1. The Bertz CT molecular complexity index is 1150. The molecule has 1 saturated heterocycles. The van der Waals surface area contributed by atoms with Crippen molar-refractivity contribution in [1.29, 1.82) is 0 Å². The molecular weight excluding hydrogens is 482 g/mol. The fraction of sp³-hybridized carbons (Fsp3) is 0.606. The SMILES string of the molecule is CC(C)CCN(CCC(C)C)C(=O)c1ccc2nc(CCc3cccnc3)n(CCCN3CCCCC3)c2c1. The Labute approximate surface area is 235 Å². The van der Waals surface area contributed by atoms with Crippen LogP contribution in [-0.2, 0) is 19.4 Å². The van der Waals surface area contributed by atoms with Gasteiger partial charge < -0.3 is 14.4 Å². The number of amides is 1. The quantitative estimate of drug-likeness (QED) is 0.234. The summed E-state index contributed by atoms with van der Waals surface area (Å²) in [5.41, 5.74) is 4.09. The van der Waals surface area contributed by atoms with Gasteiger partial charge in [0.1, 0.15) is 5.82 Å². The van der Waals surface area contributed by atoms with E-state index < -0.39 is 0 Å². The summed E-state index contributed by atoms with van der Waals surface area (Å²) in [6, 6.07) is 10.3. The number of nitrogens with zero attached hydrogens (tertiary/aromatic N) is 5. The number of fused-ring (bicyclic) bond motifs is 1. The molecule has 1 amide bonds. The van der Waals surface area contributed by atoms with E-state index in [1.54, 1.807) is 0 Å². The van der Waals surface area contributed by atoms with Crippen LogP contribution in [-0.4, -0.2) is 63.0 Å². The van der Waals surface area contributed by atoms with E-state index in [0.717, 1.165) is 80.7 Å². The second-order valence-corrected chi connectivity index (χ2v) is 12.2. The summed E-state index contributed by atoms with van der Waals surface area (Å²) >= 11 is 0. The lowest BCUT2D eigenvalue weighted by Gasteiger charge is -2.26. The average molecular weight is 532 g/mol. The number of hydrogen-bond donors (Lipinski definition) is 0. The van der Waals surface area contributed by atoms with Crippen LogP contribution in [0.15, 0.2) is 42.7 Å². The number of aromatic nitrogens is 3. The molecule has 4 rings (SSSR count). The molecule has 0 unspecified atom stereocenters. The minimum absolute atomic E-state index is 0.149. The molecule has 0 spiro atoms. The molecule has 0 atom stereocenters. The predicted octanol–water partition coefficient (Wildman–Crippen LogP) is 6.63. The van der Waals surface area contributed by atoms with Crippen LogP contribution in [0.1, 0.15) is 88.0 Å². The van der Waals surface area contributed by atoms with Crippen LogP contribution in [0, 0.1) is 11.8 Å². The first kappa shape index (κ1) is 29.3. The van der Waals surface area contributed by atoms with Gasteiger partial charge in [0.2, 0.25) is 0 Å². The van der Waals surface area contributed by atoms with E-state index in [0.29, 0.717) is 11.8 Å². The summed E-state index contributed by atoms with van der Waals surface area (Å²) in [7, 11) is 0. The van der Waals surface area contributed by atoms with Gasteiger partial charge in [0.15, 0.2) is 0 Å². The summed E-state index contributed by atoms with van der Waals surface area (Å²) in [5.74, 6) is 2.40. The lowest BCUT2D eigenvalue weighted by molar-refractivity contribution is 0.0741. The molecule has 6 heteroatoms. The first-order chi connectivity index (χ1) is 18.9. The molecule has 2 aromatic heterocycles. The Morgan fingerprint density at radius 2 is 1.69 bits per heavy atom. The molecule has 1 aliphatic rings. The largest absolute Gasteiger partial charge is 0.339 e. The molecule has 0 N–H and O–H groups in total. The summed E-state index contributed by atoms with van der Waals surface area (Å²) < 4.78 is 2.39. The molecule has 0 aliphatic carbocycles. The van der Waals surface area contributed by atoms with Crippen molar-refractivity contribution in [2.75, 3.05) is 32.7 Å². The van der Waals surface area contributed by atoms with E-state index in [1.807, 2.05) is 24.5 Å². The third-order valence-electron chi connectivity index (χ3n) is 7.98. The van der Waals surface area contributed by atoms with Crippen molar-refractivity contribution in [3.8, 4) is 0 Å². The van der Waals surface area contributed by atoms with Crippen LogP contribution in [0.25, 0.3) is 11.0 Å². The van der Waals surface area contributed by atoms with E-state index >= 15 is 0 Å². The summed E-state index contributed by atoms with van der Waals surface area (Å²) in [4.78, 5) is 27.8. The van der Waals surface area contributed by atoms with E-state index in [-0.39, 0.29) is 5.91 Å². The average Bonchev–Trinajstić information content (AvgIpc) is 3.29. The second-order valence-electron chi connectivity index (χ2n) is 12.2. The van der Waals surface area contributed by atoms with Crippen molar-refractivity contribution >= 4 is 16.9 Å². The molecule has 0 radical (unpaired) electrons. The Morgan fingerprint density at radius 3 is 2.36 bits per heavy atom. The number of piperidine rings is 1. The van der Waals surface area contributed by atoms with E-state index in [1.165, 1.54) is 37.9 Å². The molecule has 39 heavy (non-hydrogen) atoms. The van der Waals surface area contributed by atoms with Crippen LogP contribution in [0.3, 0.4) is 0 Å². The molecule has 3 aromatic rings. The van der Waals surface area contributed by atoms with Crippen molar-refractivity contribution in [3.63, 3.8) is 0 Å². The number of benzene rings is 1. The highest BCUT2D eigenvalue weighted by atomic mass is 16.2. The molecule has 1 aliphatic heterocycles. The molecule has 3 heterocycles. The monoisotopic (exact) mass is 531 g/mol. The number of hydrogen-bond acceptors (Lipinski definition) is 4. The number of rotatable bonds is 14. The smallest absolute Gasteiger partial charge is 0.253 e. The normalized spacial score (nSPS) is 14.5. The Kier molecular flexibility index (Phi) is 11.0. The van der Waals surface area contributed by atoms with Crippen molar-refractivity contribution < 1.29 is 4.79 Å². The van der Waals surface area contributed by atoms with Gasteiger partial charge in [-0.2, -0.15) is 0 Å². The number of pyridine rings is 1. The molecule has 212 valence electrons. The van der Waals surface area contributed by atoms with E-state index in [9.17, 15) is 4.79 Å². The van der Waals surface area contributed by atoms with Gasteiger partial charge in [-0.15, -0.1) is 0 Å². The number of imidazole rings is 1. The van der Waals surface area contributed by atoms with Crippen LogP contribution in [0.5, 0.6) is 0 Å². The Hall–Kier alpha value is -2.73. The number of likely N-dealkylation sites (tertiary alicyclic amines) is 1. The van der Waals surface area contributed by atoms with Gasteiger partial charge in [0, 0.05) is 44.0 Å². The van der Waals surface area contributed by atoms with Crippen molar-refractivity contribution in [2.45, 2.75) is 85.6 Å².